The molecular weight excluding hydrogens is 310 g/mol. The molecule has 0 bridgehead atoms. The van der Waals surface area contributed by atoms with Gasteiger partial charge in [-0.1, -0.05) is 12.1 Å². The zero-order valence-corrected chi connectivity index (χ0v) is 12.9. The summed E-state index contributed by atoms with van der Waals surface area (Å²) in [5, 5.41) is 0. The molecule has 24 heavy (non-hydrogen) atoms. The number of nitrogens with zero attached hydrogens (tertiary/aromatic N) is 1. The first-order chi connectivity index (χ1) is 11.8. The van der Waals surface area contributed by atoms with Gasteiger partial charge in [0, 0.05) is 13.1 Å². The van der Waals surface area contributed by atoms with E-state index in [0.29, 0.717) is 30.2 Å². The highest BCUT2D eigenvalue weighted by atomic mass is 16.7. The Morgan fingerprint density at radius 1 is 0.917 bits per heavy atom. The Morgan fingerprint density at radius 3 is 2.67 bits per heavy atom. The summed E-state index contributed by atoms with van der Waals surface area (Å²) in [6.45, 7) is 1.62. The second-order valence-electron chi connectivity index (χ2n) is 6.00. The second kappa shape index (κ2) is 5.06. The van der Waals surface area contributed by atoms with E-state index >= 15 is 0 Å². The molecule has 0 atom stereocenters. The molecule has 122 valence electrons. The van der Waals surface area contributed by atoms with E-state index in [4.69, 9.17) is 18.9 Å². The molecule has 3 aliphatic heterocycles. The topological polar surface area (TPSA) is 57.2 Å². The summed E-state index contributed by atoms with van der Waals surface area (Å²) in [7, 11) is 0. The fourth-order valence-corrected chi connectivity index (χ4v) is 3.38. The molecule has 0 N–H and O–H groups in total. The monoisotopic (exact) mass is 325 g/mol. The SMILES string of the molecule is O=C1c2c(ccc3c2OCO3)CCN1Cc1ccc2c(c1)OCO2. The number of rotatable bonds is 2. The predicted molar refractivity (Wildman–Crippen MR) is 83.6 cm³/mol. The third-order valence-electron chi connectivity index (χ3n) is 4.59. The van der Waals surface area contributed by atoms with Crippen molar-refractivity contribution in [3.63, 3.8) is 0 Å². The minimum absolute atomic E-state index is 0.0173. The van der Waals surface area contributed by atoms with E-state index in [1.165, 1.54) is 0 Å². The smallest absolute Gasteiger partial charge is 0.258 e. The lowest BCUT2D eigenvalue weighted by Crippen LogP contribution is -2.37. The zero-order valence-electron chi connectivity index (χ0n) is 12.9. The van der Waals surface area contributed by atoms with E-state index in [9.17, 15) is 4.79 Å². The molecule has 1 amide bonds. The summed E-state index contributed by atoms with van der Waals surface area (Å²) in [5.41, 5.74) is 2.67. The zero-order chi connectivity index (χ0) is 16.1. The number of hydrogen-bond donors (Lipinski definition) is 0. The molecule has 2 aromatic rings. The maximum Gasteiger partial charge on any atom is 0.258 e. The van der Waals surface area contributed by atoms with Crippen molar-refractivity contribution in [2.24, 2.45) is 0 Å². The van der Waals surface area contributed by atoms with Gasteiger partial charge in [-0.25, -0.2) is 0 Å². The van der Waals surface area contributed by atoms with Crippen LogP contribution in [0.3, 0.4) is 0 Å². The normalized spacial score (nSPS) is 17.2. The maximum absolute atomic E-state index is 12.9. The summed E-state index contributed by atoms with van der Waals surface area (Å²) in [4.78, 5) is 14.8. The number of fused-ring (bicyclic) bond motifs is 4. The van der Waals surface area contributed by atoms with Crippen LogP contribution in [0.5, 0.6) is 23.0 Å². The Balaban J connectivity index is 1.45. The molecule has 0 aliphatic carbocycles. The van der Waals surface area contributed by atoms with Crippen LogP contribution in [-0.2, 0) is 13.0 Å². The lowest BCUT2D eigenvalue weighted by atomic mass is 9.97. The van der Waals surface area contributed by atoms with Crippen molar-refractivity contribution in [2.75, 3.05) is 20.1 Å². The summed E-state index contributed by atoms with van der Waals surface area (Å²) < 4.78 is 21.7. The number of benzene rings is 2. The lowest BCUT2D eigenvalue weighted by Gasteiger charge is -2.29. The molecule has 0 fully saturated rings. The van der Waals surface area contributed by atoms with Gasteiger partial charge in [-0.3, -0.25) is 4.79 Å². The number of carbonyl (C=O) groups excluding carboxylic acids is 1. The molecular formula is C18H15NO5. The maximum atomic E-state index is 12.9. The van der Waals surface area contributed by atoms with E-state index in [1.54, 1.807) is 0 Å². The molecule has 0 radical (unpaired) electrons. The van der Waals surface area contributed by atoms with Gasteiger partial charge >= 0.3 is 0 Å². The number of hydrogen-bond acceptors (Lipinski definition) is 5. The molecule has 0 saturated carbocycles. The summed E-state index contributed by atoms with van der Waals surface area (Å²) >= 11 is 0. The first-order valence-electron chi connectivity index (χ1n) is 7.89. The van der Waals surface area contributed by atoms with Crippen molar-refractivity contribution in [2.45, 2.75) is 13.0 Å². The van der Waals surface area contributed by atoms with Gasteiger partial charge in [-0.05, 0) is 35.7 Å². The molecule has 6 nitrogen and oxygen atoms in total. The molecule has 3 heterocycles. The van der Waals surface area contributed by atoms with Gasteiger partial charge in [-0.2, -0.15) is 0 Å². The van der Waals surface area contributed by atoms with Gasteiger partial charge in [0.1, 0.15) is 0 Å². The molecule has 2 aromatic carbocycles. The highest BCUT2D eigenvalue weighted by Gasteiger charge is 2.32. The minimum atomic E-state index is -0.0173. The van der Waals surface area contributed by atoms with Crippen LogP contribution in [-0.4, -0.2) is 30.9 Å². The van der Waals surface area contributed by atoms with Crippen LogP contribution in [0.1, 0.15) is 21.5 Å². The molecule has 3 aliphatic rings. The van der Waals surface area contributed by atoms with Gasteiger partial charge in [0.2, 0.25) is 13.6 Å². The largest absolute Gasteiger partial charge is 0.454 e. The van der Waals surface area contributed by atoms with E-state index in [-0.39, 0.29) is 19.5 Å². The Kier molecular flexibility index (Phi) is 2.85. The number of amides is 1. The van der Waals surface area contributed by atoms with Crippen LogP contribution >= 0.6 is 0 Å². The third kappa shape index (κ3) is 1.99. The highest BCUT2D eigenvalue weighted by Crippen LogP contribution is 2.40. The molecule has 0 saturated heterocycles. The fourth-order valence-electron chi connectivity index (χ4n) is 3.38. The summed E-state index contributed by atoms with van der Waals surface area (Å²) in [6, 6.07) is 9.61. The number of ether oxygens (including phenoxy) is 4. The van der Waals surface area contributed by atoms with Gasteiger partial charge in [-0.15, -0.1) is 0 Å². The van der Waals surface area contributed by atoms with Gasteiger partial charge in [0.25, 0.3) is 5.91 Å². The fraction of sp³-hybridized carbons (Fsp3) is 0.278. The van der Waals surface area contributed by atoms with E-state index in [2.05, 4.69) is 0 Å². The van der Waals surface area contributed by atoms with Crippen molar-refractivity contribution in [1.29, 1.82) is 0 Å². The molecule has 0 spiro atoms. The van der Waals surface area contributed by atoms with Gasteiger partial charge in [0.15, 0.2) is 23.0 Å². The van der Waals surface area contributed by atoms with Crippen molar-refractivity contribution >= 4 is 5.91 Å². The van der Waals surface area contributed by atoms with Gasteiger partial charge in [0.05, 0.1) is 5.56 Å². The molecule has 6 heteroatoms. The first kappa shape index (κ1) is 13.5. The van der Waals surface area contributed by atoms with Crippen LogP contribution in [0.15, 0.2) is 30.3 Å². The first-order valence-corrected chi connectivity index (χ1v) is 7.89. The van der Waals surface area contributed by atoms with Crippen molar-refractivity contribution in [3.8, 4) is 23.0 Å². The molecule has 5 rings (SSSR count). The third-order valence-corrected chi connectivity index (χ3v) is 4.59. The minimum Gasteiger partial charge on any atom is -0.454 e. The second-order valence-corrected chi connectivity index (χ2v) is 6.00. The average Bonchev–Trinajstić information content (AvgIpc) is 3.25. The van der Waals surface area contributed by atoms with E-state index in [1.807, 2.05) is 35.2 Å². The average molecular weight is 325 g/mol. The van der Waals surface area contributed by atoms with Crippen LogP contribution in [0.25, 0.3) is 0 Å². The van der Waals surface area contributed by atoms with Crippen molar-refractivity contribution in [3.05, 3.63) is 47.0 Å². The van der Waals surface area contributed by atoms with Gasteiger partial charge < -0.3 is 23.8 Å². The lowest BCUT2D eigenvalue weighted by molar-refractivity contribution is 0.0721. The van der Waals surface area contributed by atoms with Crippen LogP contribution in [0, 0.1) is 0 Å². The van der Waals surface area contributed by atoms with Crippen LogP contribution in [0.4, 0.5) is 0 Å². The summed E-state index contributed by atoms with van der Waals surface area (Å²) in [5.74, 6) is 2.68. The number of carbonyl (C=O) groups is 1. The summed E-state index contributed by atoms with van der Waals surface area (Å²) in [6.07, 6.45) is 0.808. The Hall–Kier alpha value is -2.89. The quantitative estimate of drug-likeness (QED) is 0.848. The van der Waals surface area contributed by atoms with Crippen molar-refractivity contribution < 1.29 is 23.7 Å². The van der Waals surface area contributed by atoms with Crippen LogP contribution in [0.2, 0.25) is 0 Å². The molecule has 0 aromatic heterocycles. The van der Waals surface area contributed by atoms with E-state index in [0.717, 1.165) is 29.0 Å². The van der Waals surface area contributed by atoms with Crippen molar-refractivity contribution in [1.82, 2.24) is 4.90 Å². The van der Waals surface area contributed by atoms with Crippen LogP contribution < -0.4 is 18.9 Å². The van der Waals surface area contributed by atoms with E-state index < -0.39 is 0 Å². The highest BCUT2D eigenvalue weighted by molar-refractivity contribution is 6.00. The standard InChI is InChI=1S/C18H15NO5/c20-18-16-12(2-4-14-17(16)24-10-22-14)5-6-19(18)8-11-1-3-13-15(7-11)23-9-21-13/h1-4,7H,5-6,8-10H2. The Bertz CT molecular complexity index is 848. The predicted octanol–water partition coefficient (Wildman–Crippen LogP) is 2.34. The molecule has 0 unspecified atom stereocenters. The Morgan fingerprint density at radius 2 is 1.71 bits per heavy atom. The Labute approximate surface area is 138 Å².